The highest BCUT2D eigenvalue weighted by Crippen LogP contribution is 2.41. The summed E-state index contributed by atoms with van der Waals surface area (Å²) < 4.78 is 5.52. The van der Waals surface area contributed by atoms with Crippen LogP contribution >= 0.6 is 0 Å². The molecule has 0 spiro atoms. The number of nitrogens with one attached hydrogen (secondary N) is 1. The van der Waals surface area contributed by atoms with Crippen LogP contribution in [0.5, 0.6) is 0 Å². The van der Waals surface area contributed by atoms with Gasteiger partial charge in [0, 0.05) is 31.3 Å². The maximum atomic E-state index is 5.52. The van der Waals surface area contributed by atoms with E-state index in [4.69, 9.17) is 4.74 Å². The minimum Gasteiger partial charge on any atom is -0.381 e. The first-order chi connectivity index (χ1) is 9.19. The maximum absolute atomic E-state index is 5.52. The predicted molar refractivity (Wildman–Crippen MR) is 78.3 cm³/mol. The van der Waals surface area contributed by atoms with E-state index in [1.54, 1.807) is 0 Å². The molecule has 0 amide bonds. The van der Waals surface area contributed by atoms with Gasteiger partial charge in [-0.25, -0.2) is 0 Å². The van der Waals surface area contributed by atoms with Crippen LogP contribution in [0.1, 0.15) is 46.0 Å². The Bertz CT molecular complexity index is 299. The fraction of sp³-hybridized carbons (Fsp3) is 1.00. The lowest BCUT2D eigenvalue weighted by Crippen LogP contribution is -2.53. The van der Waals surface area contributed by atoms with Gasteiger partial charge in [-0.1, -0.05) is 0 Å². The molecule has 3 aliphatic rings. The van der Waals surface area contributed by atoms with Crippen molar-refractivity contribution in [3.63, 3.8) is 0 Å². The fourth-order valence-corrected chi connectivity index (χ4v) is 4.05. The van der Waals surface area contributed by atoms with Gasteiger partial charge in [0.25, 0.3) is 0 Å². The molecule has 0 aromatic heterocycles. The smallest absolute Gasteiger partial charge is 0.0469 e. The SMILES string of the molecule is CC(C1CCOCC1)N1CCCNC(C)(C2CC2)C1. The Morgan fingerprint density at radius 2 is 1.95 bits per heavy atom. The Balaban J connectivity index is 1.64. The Morgan fingerprint density at radius 1 is 1.21 bits per heavy atom. The quantitative estimate of drug-likeness (QED) is 0.848. The Kier molecular flexibility index (Phi) is 4.16. The van der Waals surface area contributed by atoms with E-state index in [1.165, 1.54) is 51.7 Å². The molecule has 1 saturated carbocycles. The molecule has 0 bridgehead atoms. The molecule has 110 valence electrons. The molecule has 0 radical (unpaired) electrons. The molecule has 2 heterocycles. The Hall–Kier alpha value is -0.120. The van der Waals surface area contributed by atoms with Crippen LogP contribution in [0.25, 0.3) is 0 Å². The van der Waals surface area contributed by atoms with Crippen LogP contribution < -0.4 is 5.32 Å². The molecule has 3 nitrogen and oxygen atoms in total. The molecule has 0 aromatic carbocycles. The van der Waals surface area contributed by atoms with E-state index in [1.807, 2.05) is 0 Å². The summed E-state index contributed by atoms with van der Waals surface area (Å²) in [6, 6.07) is 0.724. The molecule has 1 aliphatic carbocycles. The second-order valence-electron chi connectivity index (χ2n) is 7.13. The molecule has 2 aliphatic heterocycles. The van der Waals surface area contributed by atoms with E-state index in [0.717, 1.165) is 31.1 Å². The molecule has 3 rings (SSSR count). The van der Waals surface area contributed by atoms with Crippen molar-refractivity contribution < 1.29 is 4.74 Å². The van der Waals surface area contributed by atoms with Crippen molar-refractivity contribution in [1.29, 1.82) is 0 Å². The summed E-state index contributed by atoms with van der Waals surface area (Å²) in [6.45, 7) is 10.6. The first-order valence-electron chi connectivity index (χ1n) is 8.26. The highest BCUT2D eigenvalue weighted by atomic mass is 16.5. The summed E-state index contributed by atoms with van der Waals surface area (Å²) in [5.41, 5.74) is 0.371. The van der Waals surface area contributed by atoms with Gasteiger partial charge < -0.3 is 10.1 Å². The molecule has 2 saturated heterocycles. The van der Waals surface area contributed by atoms with Crippen molar-refractivity contribution in [3.05, 3.63) is 0 Å². The topological polar surface area (TPSA) is 24.5 Å². The van der Waals surface area contributed by atoms with Crippen molar-refractivity contribution in [3.8, 4) is 0 Å². The number of nitrogens with zero attached hydrogens (tertiary/aromatic N) is 1. The Labute approximate surface area is 118 Å². The average Bonchev–Trinajstić information content (AvgIpc) is 3.26. The van der Waals surface area contributed by atoms with Crippen LogP contribution in [0.2, 0.25) is 0 Å². The second-order valence-corrected chi connectivity index (χ2v) is 7.13. The summed E-state index contributed by atoms with van der Waals surface area (Å²) >= 11 is 0. The lowest BCUT2D eigenvalue weighted by Gasteiger charge is -2.40. The van der Waals surface area contributed by atoms with Gasteiger partial charge in [0.2, 0.25) is 0 Å². The van der Waals surface area contributed by atoms with Crippen molar-refractivity contribution in [2.24, 2.45) is 11.8 Å². The van der Waals surface area contributed by atoms with Gasteiger partial charge in [-0.15, -0.1) is 0 Å². The highest BCUT2D eigenvalue weighted by molar-refractivity contribution is 5.01. The van der Waals surface area contributed by atoms with Gasteiger partial charge in [-0.3, -0.25) is 4.90 Å². The van der Waals surface area contributed by atoms with Gasteiger partial charge in [0.15, 0.2) is 0 Å². The minimum absolute atomic E-state index is 0.371. The number of hydrogen-bond acceptors (Lipinski definition) is 3. The zero-order valence-electron chi connectivity index (χ0n) is 12.7. The molecule has 2 atom stereocenters. The van der Waals surface area contributed by atoms with Crippen LogP contribution in [0.4, 0.5) is 0 Å². The molecular formula is C16H30N2O. The van der Waals surface area contributed by atoms with Crippen molar-refractivity contribution in [1.82, 2.24) is 10.2 Å². The molecule has 0 aromatic rings. The molecule has 3 heteroatoms. The van der Waals surface area contributed by atoms with Gasteiger partial charge in [-0.05, 0) is 70.9 Å². The summed E-state index contributed by atoms with van der Waals surface area (Å²) in [4.78, 5) is 2.77. The third-order valence-corrected chi connectivity index (χ3v) is 5.69. The van der Waals surface area contributed by atoms with Crippen LogP contribution in [0.3, 0.4) is 0 Å². The highest BCUT2D eigenvalue weighted by Gasteiger charge is 2.44. The first-order valence-corrected chi connectivity index (χ1v) is 8.26. The zero-order valence-corrected chi connectivity index (χ0v) is 12.7. The van der Waals surface area contributed by atoms with Crippen LogP contribution in [-0.2, 0) is 4.74 Å². The van der Waals surface area contributed by atoms with Crippen LogP contribution in [0.15, 0.2) is 0 Å². The summed E-state index contributed by atoms with van der Waals surface area (Å²) in [5, 5.41) is 3.84. The minimum atomic E-state index is 0.371. The maximum Gasteiger partial charge on any atom is 0.0469 e. The largest absolute Gasteiger partial charge is 0.381 e. The monoisotopic (exact) mass is 266 g/mol. The lowest BCUT2D eigenvalue weighted by atomic mass is 9.89. The molecule has 1 N–H and O–H groups in total. The summed E-state index contributed by atoms with van der Waals surface area (Å²) in [5.74, 6) is 1.77. The van der Waals surface area contributed by atoms with E-state index < -0.39 is 0 Å². The molecular weight excluding hydrogens is 236 g/mol. The average molecular weight is 266 g/mol. The standard InChI is InChI=1S/C16H30N2O/c1-13(14-6-10-19-11-7-14)18-9-3-8-17-16(2,12-18)15-4-5-15/h13-15,17H,3-12H2,1-2H3. The van der Waals surface area contributed by atoms with Gasteiger partial charge in [-0.2, -0.15) is 0 Å². The van der Waals surface area contributed by atoms with E-state index >= 15 is 0 Å². The van der Waals surface area contributed by atoms with E-state index in [-0.39, 0.29) is 0 Å². The van der Waals surface area contributed by atoms with Crippen LogP contribution in [-0.4, -0.2) is 49.3 Å². The van der Waals surface area contributed by atoms with Gasteiger partial charge in [0.05, 0.1) is 0 Å². The number of rotatable bonds is 3. The third-order valence-electron chi connectivity index (χ3n) is 5.69. The first kappa shape index (κ1) is 13.8. The van der Waals surface area contributed by atoms with Crippen LogP contribution in [0, 0.1) is 11.8 Å². The van der Waals surface area contributed by atoms with Gasteiger partial charge in [0.1, 0.15) is 0 Å². The lowest BCUT2D eigenvalue weighted by molar-refractivity contribution is 0.0252. The van der Waals surface area contributed by atoms with E-state index in [9.17, 15) is 0 Å². The normalized spacial score (nSPS) is 36.9. The summed E-state index contributed by atoms with van der Waals surface area (Å²) in [6.07, 6.45) is 6.68. The Morgan fingerprint density at radius 3 is 2.63 bits per heavy atom. The molecule has 2 unspecified atom stereocenters. The van der Waals surface area contributed by atoms with Crippen molar-refractivity contribution in [2.75, 3.05) is 32.8 Å². The molecule has 19 heavy (non-hydrogen) atoms. The number of hydrogen-bond donors (Lipinski definition) is 1. The second kappa shape index (κ2) is 5.71. The number of ether oxygens (including phenoxy) is 1. The van der Waals surface area contributed by atoms with E-state index in [2.05, 4.69) is 24.1 Å². The fourth-order valence-electron chi connectivity index (χ4n) is 4.05. The van der Waals surface area contributed by atoms with Gasteiger partial charge >= 0.3 is 0 Å². The zero-order chi connectivity index (χ0) is 13.3. The van der Waals surface area contributed by atoms with Crippen molar-refractivity contribution >= 4 is 0 Å². The third kappa shape index (κ3) is 3.14. The molecule has 3 fully saturated rings. The van der Waals surface area contributed by atoms with Crippen molar-refractivity contribution in [2.45, 2.75) is 57.5 Å². The predicted octanol–water partition coefficient (Wildman–Crippen LogP) is 2.27. The van der Waals surface area contributed by atoms with E-state index in [0.29, 0.717) is 5.54 Å². The summed E-state index contributed by atoms with van der Waals surface area (Å²) in [7, 11) is 0.